The SMILES string of the molecule is CC1(C)c2ccccc2-c2ccc(N(c3ccc(-c4cccc5c4sc4ccccc45)cc3)c3cccc4oc5c(-c6ccc7ccccc7c6)c6ccccc6cc5c34)cc21. The van der Waals surface area contributed by atoms with Gasteiger partial charge in [-0.1, -0.05) is 159 Å². The van der Waals surface area contributed by atoms with E-state index in [1.165, 1.54) is 75.1 Å². The van der Waals surface area contributed by atoms with Crippen LogP contribution in [0.3, 0.4) is 0 Å². The summed E-state index contributed by atoms with van der Waals surface area (Å²) < 4.78 is 9.73. The van der Waals surface area contributed by atoms with E-state index in [4.69, 9.17) is 4.42 Å². The molecule has 13 rings (SSSR count). The molecule has 0 aliphatic heterocycles. The van der Waals surface area contributed by atoms with Crippen LogP contribution in [-0.4, -0.2) is 0 Å². The molecule has 10 aromatic carbocycles. The third kappa shape index (κ3) is 5.16. The van der Waals surface area contributed by atoms with Crippen molar-refractivity contribution in [2.75, 3.05) is 4.90 Å². The summed E-state index contributed by atoms with van der Waals surface area (Å²) in [5.74, 6) is 0. The van der Waals surface area contributed by atoms with E-state index in [0.29, 0.717) is 0 Å². The van der Waals surface area contributed by atoms with Gasteiger partial charge < -0.3 is 9.32 Å². The van der Waals surface area contributed by atoms with E-state index in [1.54, 1.807) is 0 Å². The molecule has 3 heteroatoms. The van der Waals surface area contributed by atoms with Gasteiger partial charge in [0.15, 0.2) is 0 Å². The molecule has 0 radical (unpaired) electrons. The maximum atomic E-state index is 7.09. The molecule has 2 heterocycles. The monoisotopic (exact) mass is 809 g/mol. The van der Waals surface area contributed by atoms with Gasteiger partial charge in [0, 0.05) is 47.9 Å². The van der Waals surface area contributed by atoms with Crippen molar-refractivity contribution in [2.24, 2.45) is 0 Å². The first-order valence-electron chi connectivity index (χ1n) is 21.4. The summed E-state index contributed by atoms with van der Waals surface area (Å²) in [5.41, 5.74) is 15.0. The van der Waals surface area contributed by atoms with Crippen molar-refractivity contribution >= 4 is 92.1 Å². The van der Waals surface area contributed by atoms with Crippen LogP contribution in [0.25, 0.3) is 97.0 Å². The molecule has 0 spiro atoms. The first kappa shape index (κ1) is 35.3. The van der Waals surface area contributed by atoms with Crippen molar-refractivity contribution in [1.29, 1.82) is 0 Å². The number of rotatable bonds is 5. The summed E-state index contributed by atoms with van der Waals surface area (Å²) in [5, 5.41) is 9.62. The molecule has 0 fully saturated rings. The Bertz CT molecular complexity index is 3790. The quantitative estimate of drug-likeness (QED) is 0.172. The van der Waals surface area contributed by atoms with Crippen LogP contribution in [0.5, 0.6) is 0 Å². The molecule has 1 aliphatic carbocycles. The van der Waals surface area contributed by atoms with Gasteiger partial charge in [0.25, 0.3) is 0 Å². The van der Waals surface area contributed by atoms with Gasteiger partial charge in [-0.05, 0) is 115 Å². The molecule has 0 saturated carbocycles. The van der Waals surface area contributed by atoms with Crippen molar-refractivity contribution in [3.63, 3.8) is 0 Å². The van der Waals surface area contributed by atoms with Crippen LogP contribution >= 0.6 is 11.3 Å². The molecule has 0 N–H and O–H groups in total. The Morgan fingerprint density at radius 3 is 2.02 bits per heavy atom. The number of thiophene rings is 1. The Labute approximate surface area is 363 Å². The lowest BCUT2D eigenvalue weighted by Gasteiger charge is -2.29. The minimum atomic E-state index is -0.150. The van der Waals surface area contributed by atoms with Crippen LogP contribution in [-0.2, 0) is 5.41 Å². The molecule has 0 saturated heterocycles. The summed E-state index contributed by atoms with van der Waals surface area (Å²) in [6, 6.07) is 73.6. The number of benzene rings is 10. The van der Waals surface area contributed by atoms with Gasteiger partial charge >= 0.3 is 0 Å². The van der Waals surface area contributed by atoms with Gasteiger partial charge in [0.2, 0.25) is 0 Å². The highest BCUT2D eigenvalue weighted by molar-refractivity contribution is 7.26. The predicted octanol–water partition coefficient (Wildman–Crippen LogP) is 17.4. The van der Waals surface area contributed by atoms with Gasteiger partial charge in [-0.15, -0.1) is 11.3 Å². The molecule has 292 valence electrons. The summed E-state index contributed by atoms with van der Waals surface area (Å²) >= 11 is 1.88. The molecule has 1 aliphatic rings. The molecular formula is C59H39NOS. The minimum absolute atomic E-state index is 0.150. The standard InChI is InChI=1S/C59H39NOS/c1-59(2)50-21-9-7-17-45(50)46-32-31-42(35-51(46)59)60(41-29-27-37(28-30-41)44-19-11-20-48-47-18-8-10-24-54(47)62-58(44)48)52-22-12-23-53-56(52)49-34-39-15-5-6-16-43(39)55(57(49)61-53)40-26-25-36-13-3-4-14-38(36)33-40/h3-35H,1-2H3. The molecule has 62 heavy (non-hydrogen) atoms. The van der Waals surface area contributed by atoms with E-state index in [9.17, 15) is 0 Å². The lowest BCUT2D eigenvalue weighted by molar-refractivity contribution is 0.660. The van der Waals surface area contributed by atoms with E-state index in [2.05, 4.69) is 219 Å². The number of fused-ring (bicyclic) bond motifs is 11. The summed E-state index contributed by atoms with van der Waals surface area (Å²) in [7, 11) is 0. The average molecular weight is 810 g/mol. The van der Waals surface area contributed by atoms with Crippen LogP contribution in [0, 0.1) is 0 Å². The molecule has 2 aromatic heterocycles. The largest absolute Gasteiger partial charge is 0.455 e. The Morgan fingerprint density at radius 2 is 1.13 bits per heavy atom. The zero-order chi connectivity index (χ0) is 41.1. The number of nitrogens with zero attached hydrogens (tertiary/aromatic N) is 1. The van der Waals surface area contributed by atoms with Crippen LogP contribution in [0.2, 0.25) is 0 Å². The normalized spacial score (nSPS) is 13.1. The molecular weight excluding hydrogens is 771 g/mol. The third-order valence-electron chi connectivity index (χ3n) is 13.4. The number of hydrogen-bond donors (Lipinski definition) is 0. The van der Waals surface area contributed by atoms with E-state index < -0.39 is 0 Å². The lowest BCUT2D eigenvalue weighted by Crippen LogP contribution is -2.16. The minimum Gasteiger partial charge on any atom is -0.455 e. The number of furan rings is 1. The molecule has 0 unspecified atom stereocenters. The van der Waals surface area contributed by atoms with E-state index in [1.807, 2.05) is 11.3 Å². The predicted molar refractivity (Wildman–Crippen MR) is 265 cm³/mol. The van der Waals surface area contributed by atoms with Gasteiger partial charge in [-0.3, -0.25) is 0 Å². The Hall–Kier alpha value is -7.46. The Kier molecular flexibility index (Phi) is 7.56. The molecule has 0 amide bonds. The molecule has 12 aromatic rings. The Balaban J connectivity index is 1.05. The van der Waals surface area contributed by atoms with E-state index >= 15 is 0 Å². The highest BCUT2D eigenvalue weighted by Crippen LogP contribution is 2.52. The zero-order valence-corrected chi connectivity index (χ0v) is 35.1. The first-order chi connectivity index (χ1) is 30.5. The highest BCUT2D eigenvalue weighted by Gasteiger charge is 2.36. The van der Waals surface area contributed by atoms with Crippen LogP contribution in [0.4, 0.5) is 17.1 Å². The second kappa shape index (κ2) is 13.3. The van der Waals surface area contributed by atoms with Gasteiger partial charge in [-0.2, -0.15) is 0 Å². The van der Waals surface area contributed by atoms with Crippen LogP contribution in [0.1, 0.15) is 25.0 Å². The zero-order valence-electron chi connectivity index (χ0n) is 34.3. The van der Waals surface area contributed by atoms with Crippen molar-refractivity contribution in [1.82, 2.24) is 0 Å². The second-order valence-corrected chi connectivity index (χ2v) is 18.3. The van der Waals surface area contributed by atoms with Crippen molar-refractivity contribution in [2.45, 2.75) is 19.3 Å². The van der Waals surface area contributed by atoms with Gasteiger partial charge in [0.1, 0.15) is 11.2 Å². The first-order valence-corrected chi connectivity index (χ1v) is 22.2. The van der Waals surface area contributed by atoms with Gasteiger partial charge in [-0.25, -0.2) is 0 Å². The smallest absolute Gasteiger partial charge is 0.143 e. The highest BCUT2D eigenvalue weighted by atomic mass is 32.1. The van der Waals surface area contributed by atoms with Crippen molar-refractivity contribution in [3.05, 3.63) is 211 Å². The Morgan fingerprint density at radius 1 is 0.452 bits per heavy atom. The summed E-state index contributed by atoms with van der Waals surface area (Å²) in [4.78, 5) is 2.45. The average Bonchev–Trinajstić information content (AvgIpc) is 3.96. The fourth-order valence-corrected chi connectivity index (χ4v) is 11.7. The summed E-state index contributed by atoms with van der Waals surface area (Å²) in [6.07, 6.45) is 0. The van der Waals surface area contributed by atoms with Crippen molar-refractivity contribution < 1.29 is 4.42 Å². The fraction of sp³-hybridized carbons (Fsp3) is 0.0508. The number of anilines is 3. The van der Waals surface area contributed by atoms with E-state index in [0.717, 1.165) is 50.1 Å². The lowest BCUT2D eigenvalue weighted by atomic mass is 9.82. The maximum Gasteiger partial charge on any atom is 0.143 e. The topological polar surface area (TPSA) is 16.4 Å². The second-order valence-electron chi connectivity index (χ2n) is 17.2. The fourth-order valence-electron chi connectivity index (χ4n) is 10.4. The van der Waals surface area contributed by atoms with Gasteiger partial charge in [0.05, 0.1) is 11.1 Å². The molecule has 0 bridgehead atoms. The third-order valence-corrected chi connectivity index (χ3v) is 14.7. The summed E-state index contributed by atoms with van der Waals surface area (Å²) in [6.45, 7) is 4.72. The maximum absolute atomic E-state index is 7.09. The molecule has 0 atom stereocenters. The van der Waals surface area contributed by atoms with Crippen LogP contribution < -0.4 is 4.90 Å². The number of hydrogen-bond acceptors (Lipinski definition) is 3. The van der Waals surface area contributed by atoms with Crippen LogP contribution in [0.15, 0.2) is 205 Å². The van der Waals surface area contributed by atoms with Crippen molar-refractivity contribution in [3.8, 4) is 33.4 Å². The molecule has 2 nitrogen and oxygen atoms in total. The van der Waals surface area contributed by atoms with E-state index in [-0.39, 0.29) is 5.41 Å².